The maximum atomic E-state index is 11.6. The van der Waals surface area contributed by atoms with Crippen LogP contribution in [0.25, 0.3) is 0 Å². The average Bonchev–Trinajstić information content (AvgIpc) is 3.11. The van der Waals surface area contributed by atoms with Crippen LogP contribution in [0.3, 0.4) is 0 Å². The molecular weight excluding hydrogens is 202 g/mol. The number of nitrogens with one attached hydrogen (secondary N) is 1. The predicted molar refractivity (Wildman–Crippen MR) is 59.9 cm³/mol. The molecule has 0 aromatic heterocycles. The lowest BCUT2D eigenvalue weighted by molar-refractivity contribution is -0.103. The van der Waals surface area contributed by atoms with E-state index in [2.05, 4.69) is 17.2 Å². The first kappa shape index (κ1) is 10.4. The first-order valence-electron chi connectivity index (χ1n) is 5.16. The molecule has 1 fully saturated rings. The molecule has 1 saturated carbocycles. The lowest BCUT2D eigenvalue weighted by Crippen LogP contribution is -2.25. The Labute approximate surface area is 93.9 Å². The number of aldehydes is 1. The molecule has 1 aromatic rings. The highest BCUT2D eigenvalue weighted by Gasteiger charge is 2.23. The zero-order valence-corrected chi connectivity index (χ0v) is 8.69. The molecule has 1 aliphatic carbocycles. The minimum Gasteiger partial charge on any atom is -0.349 e. The van der Waals surface area contributed by atoms with Crippen molar-refractivity contribution in [1.29, 1.82) is 0 Å². The van der Waals surface area contributed by atoms with E-state index in [9.17, 15) is 9.59 Å². The van der Waals surface area contributed by atoms with Crippen LogP contribution in [0.15, 0.2) is 24.3 Å². The van der Waals surface area contributed by atoms with Crippen molar-refractivity contribution in [2.45, 2.75) is 18.9 Å². The Morgan fingerprint density at radius 3 is 2.56 bits per heavy atom. The van der Waals surface area contributed by atoms with E-state index in [0.29, 0.717) is 17.9 Å². The quantitative estimate of drug-likeness (QED) is 0.591. The second-order valence-electron chi connectivity index (χ2n) is 3.71. The van der Waals surface area contributed by atoms with Gasteiger partial charge in [-0.2, -0.15) is 0 Å². The first-order valence-corrected chi connectivity index (χ1v) is 5.16. The molecule has 2 rings (SSSR count). The summed E-state index contributed by atoms with van der Waals surface area (Å²) in [6.45, 7) is 0. The van der Waals surface area contributed by atoms with Crippen LogP contribution in [0.2, 0.25) is 0 Å². The van der Waals surface area contributed by atoms with Crippen molar-refractivity contribution in [3.63, 3.8) is 0 Å². The van der Waals surface area contributed by atoms with Crippen molar-refractivity contribution in [1.82, 2.24) is 5.32 Å². The molecule has 1 aromatic carbocycles. The number of carbonyl (C=O) groups excluding carboxylic acids is 2. The second kappa shape index (κ2) is 4.63. The SMILES string of the molecule is O=CC#Cc1ccc(C(=O)NC2CC2)cc1. The fourth-order valence-electron chi connectivity index (χ4n) is 1.31. The third-order valence-corrected chi connectivity index (χ3v) is 2.34. The third kappa shape index (κ3) is 2.71. The number of amides is 1. The van der Waals surface area contributed by atoms with Crippen LogP contribution < -0.4 is 5.32 Å². The highest BCUT2D eigenvalue weighted by Crippen LogP contribution is 2.19. The van der Waals surface area contributed by atoms with E-state index in [1.807, 2.05) is 0 Å². The van der Waals surface area contributed by atoms with Gasteiger partial charge in [0, 0.05) is 17.2 Å². The molecule has 0 unspecified atom stereocenters. The Hall–Kier alpha value is -2.08. The van der Waals surface area contributed by atoms with Gasteiger partial charge in [0.05, 0.1) is 0 Å². The molecule has 80 valence electrons. The van der Waals surface area contributed by atoms with Gasteiger partial charge < -0.3 is 5.32 Å². The minimum atomic E-state index is -0.0441. The standard InChI is InChI=1S/C13H11NO2/c15-9-1-2-10-3-5-11(6-4-10)13(16)14-12-7-8-12/h3-6,9,12H,7-8H2,(H,14,16). The number of benzene rings is 1. The Balaban J connectivity index is 2.05. The van der Waals surface area contributed by atoms with Crippen LogP contribution in [-0.2, 0) is 4.79 Å². The maximum Gasteiger partial charge on any atom is 0.251 e. The van der Waals surface area contributed by atoms with Gasteiger partial charge in [0.1, 0.15) is 0 Å². The van der Waals surface area contributed by atoms with Crippen molar-refractivity contribution in [2.75, 3.05) is 0 Å². The van der Waals surface area contributed by atoms with Crippen molar-refractivity contribution in [2.24, 2.45) is 0 Å². The molecule has 0 bridgehead atoms. The van der Waals surface area contributed by atoms with E-state index in [-0.39, 0.29) is 5.91 Å². The Bertz CT molecular complexity index is 461. The summed E-state index contributed by atoms with van der Waals surface area (Å²) < 4.78 is 0. The van der Waals surface area contributed by atoms with E-state index < -0.39 is 0 Å². The summed E-state index contributed by atoms with van der Waals surface area (Å²) in [4.78, 5) is 21.7. The zero-order valence-electron chi connectivity index (χ0n) is 8.69. The van der Waals surface area contributed by atoms with Crippen LogP contribution >= 0.6 is 0 Å². The second-order valence-corrected chi connectivity index (χ2v) is 3.71. The molecule has 0 aliphatic heterocycles. The summed E-state index contributed by atoms with van der Waals surface area (Å²) in [5.41, 5.74) is 1.36. The predicted octanol–water partition coefficient (Wildman–Crippen LogP) is 1.13. The highest BCUT2D eigenvalue weighted by atomic mass is 16.1. The van der Waals surface area contributed by atoms with E-state index in [0.717, 1.165) is 18.4 Å². The monoisotopic (exact) mass is 213 g/mol. The van der Waals surface area contributed by atoms with Gasteiger partial charge in [0.15, 0.2) is 6.29 Å². The normalized spacial score (nSPS) is 13.5. The minimum absolute atomic E-state index is 0.0441. The molecule has 0 saturated heterocycles. The molecule has 0 atom stereocenters. The number of rotatable bonds is 2. The molecule has 0 spiro atoms. The number of hydrogen-bond acceptors (Lipinski definition) is 2. The van der Waals surface area contributed by atoms with E-state index >= 15 is 0 Å². The summed E-state index contributed by atoms with van der Waals surface area (Å²) in [7, 11) is 0. The van der Waals surface area contributed by atoms with Gasteiger partial charge in [-0.3, -0.25) is 9.59 Å². The van der Waals surface area contributed by atoms with Gasteiger partial charge in [-0.25, -0.2) is 0 Å². The number of hydrogen-bond donors (Lipinski definition) is 1. The fourth-order valence-corrected chi connectivity index (χ4v) is 1.31. The molecule has 0 heterocycles. The molecule has 1 amide bonds. The molecule has 16 heavy (non-hydrogen) atoms. The van der Waals surface area contributed by atoms with Crippen LogP contribution in [-0.4, -0.2) is 18.2 Å². The molecular formula is C13H11NO2. The van der Waals surface area contributed by atoms with Crippen LogP contribution in [0, 0.1) is 11.8 Å². The summed E-state index contributed by atoms with van der Waals surface area (Å²) in [5.74, 6) is 4.94. The summed E-state index contributed by atoms with van der Waals surface area (Å²) in [5, 5.41) is 2.90. The van der Waals surface area contributed by atoms with Gasteiger partial charge in [-0.05, 0) is 43.0 Å². The summed E-state index contributed by atoms with van der Waals surface area (Å²) in [6.07, 6.45) is 2.71. The lowest BCUT2D eigenvalue weighted by atomic mass is 10.1. The van der Waals surface area contributed by atoms with Crippen LogP contribution in [0.4, 0.5) is 0 Å². The van der Waals surface area contributed by atoms with Crippen molar-refractivity contribution < 1.29 is 9.59 Å². The van der Waals surface area contributed by atoms with E-state index in [4.69, 9.17) is 0 Å². The van der Waals surface area contributed by atoms with Crippen molar-refractivity contribution in [3.8, 4) is 11.8 Å². The Kier molecular flexibility index (Phi) is 3.02. The van der Waals surface area contributed by atoms with Gasteiger partial charge in [-0.1, -0.05) is 5.92 Å². The Morgan fingerprint density at radius 1 is 1.31 bits per heavy atom. The van der Waals surface area contributed by atoms with Crippen molar-refractivity contribution in [3.05, 3.63) is 35.4 Å². The Morgan fingerprint density at radius 2 is 2.00 bits per heavy atom. The zero-order chi connectivity index (χ0) is 11.4. The fraction of sp³-hybridized carbons (Fsp3) is 0.231. The van der Waals surface area contributed by atoms with E-state index in [1.54, 1.807) is 24.3 Å². The smallest absolute Gasteiger partial charge is 0.251 e. The average molecular weight is 213 g/mol. The molecule has 0 radical (unpaired) electrons. The van der Waals surface area contributed by atoms with Crippen LogP contribution in [0.5, 0.6) is 0 Å². The highest BCUT2D eigenvalue weighted by molar-refractivity contribution is 5.94. The van der Waals surface area contributed by atoms with Gasteiger partial charge in [0.25, 0.3) is 5.91 Å². The summed E-state index contributed by atoms with van der Waals surface area (Å²) >= 11 is 0. The molecule has 3 nitrogen and oxygen atoms in total. The van der Waals surface area contributed by atoms with Crippen molar-refractivity contribution >= 4 is 12.2 Å². The first-order chi connectivity index (χ1) is 7.79. The topological polar surface area (TPSA) is 46.2 Å². The number of carbonyl (C=O) groups is 2. The lowest BCUT2D eigenvalue weighted by Gasteiger charge is -2.02. The largest absolute Gasteiger partial charge is 0.349 e. The summed E-state index contributed by atoms with van der Waals surface area (Å²) in [6, 6.07) is 7.26. The van der Waals surface area contributed by atoms with Gasteiger partial charge >= 0.3 is 0 Å². The third-order valence-electron chi connectivity index (χ3n) is 2.34. The van der Waals surface area contributed by atoms with Gasteiger partial charge in [-0.15, -0.1) is 0 Å². The van der Waals surface area contributed by atoms with Crippen LogP contribution in [0.1, 0.15) is 28.8 Å². The molecule has 3 heteroatoms. The molecule has 1 aliphatic rings. The van der Waals surface area contributed by atoms with Gasteiger partial charge in [0.2, 0.25) is 0 Å². The molecule has 1 N–H and O–H groups in total. The van der Waals surface area contributed by atoms with E-state index in [1.165, 1.54) is 0 Å². The maximum absolute atomic E-state index is 11.6.